The van der Waals surface area contributed by atoms with E-state index in [0.29, 0.717) is 16.6 Å². The molecule has 1 aromatic carbocycles. The Bertz CT molecular complexity index is 739. The largest absolute Gasteiger partial charge is 0.443 e. The summed E-state index contributed by atoms with van der Waals surface area (Å²) < 4.78 is 6.14. The second kappa shape index (κ2) is 4.32. The first-order valence-electron chi connectivity index (χ1n) is 5.77. The van der Waals surface area contributed by atoms with Gasteiger partial charge in [-0.2, -0.15) is 4.57 Å². The van der Waals surface area contributed by atoms with Crippen LogP contribution in [0.25, 0.3) is 11.0 Å². The molecule has 0 atom stereocenters. The number of nitrogens with zero attached hydrogens (tertiary/aromatic N) is 1. The van der Waals surface area contributed by atoms with E-state index >= 15 is 0 Å². The zero-order valence-electron chi connectivity index (χ0n) is 11.0. The van der Waals surface area contributed by atoms with Gasteiger partial charge in [0.2, 0.25) is 0 Å². The Kier molecular flexibility index (Phi) is 2.95. The van der Waals surface area contributed by atoms with Crippen molar-refractivity contribution in [3.8, 4) is 12.3 Å². The number of para-hydroxylation sites is 1. The zero-order chi connectivity index (χ0) is 14.2. The summed E-state index contributed by atoms with van der Waals surface area (Å²) in [6, 6.07) is 5.02. The Hall–Kier alpha value is -2.48. The quantitative estimate of drug-likeness (QED) is 0.736. The van der Waals surface area contributed by atoms with Gasteiger partial charge in [-0.3, -0.25) is 0 Å². The number of aromatic nitrogens is 2. The Balaban J connectivity index is 2.63. The number of rotatable bonds is 0. The van der Waals surface area contributed by atoms with Gasteiger partial charge in [0.25, 0.3) is 0 Å². The van der Waals surface area contributed by atoms with Crippen LogP contribution in [0, 0.1) is 12.3 Å². The van der Waals surface area contributed by atoms with Gasteiger partial charge in [0.1, 0.15) is 5.60 Å². The lowest BCUT2D eigenvalue weighted by atomic mass is 10.2. The smallest absolute Gasteiger partial charge is 0.423 e. The summed E-state index contributed by atoms with van der Waals surface area (Å²) in [6.45, 7) is 5.20. The fraction of sp³-hybridized carbons (Fsp3) is 0.286. The normalized spacial score (nSPS) is 11.3. The Morgan fingerprint density at radius 3 is 2.68 bits per heavy atom. The van der Waals surface area contributed by atoms with Gasteiger partial charge in [-0.1, -0.05) is 12.0 Å². The highest BCUT2D eigenvalue weighted by molar-refractivity contribution is 5.89. The third-order valence-corrected chi connectivity index (χ3v) is 2.45. The monoisotopic (exact) mass is 258 g/mol. The maximum Gasteiger partial charge on any atom is 0.423 e. The van der Waals surface area contributed by atoms with Crippen LogP contribution in [0.5, 0.6) is 0 Å². The van der Waals surface area contributed by atoms with Crippen LogP contribution in [0.4, 0.5) is 4.79 Å². The summed E-state index contributed by atoms with van der Waals surface area (Å²) in [7, 11) is 0. The SMILES string of the molecule is C#Cc1cccc2c1[nH]c(=O)n2C(=O)OC(C)(C)C. The van der Waals surface area contributed by atoms with Gasteiger partial charge in [0.15, 0.2) is 0 Å². The van der Waals surface area contributed by atoms with Crippen molar-refractivity contribution in [2.24, 2.45) is 0 Å². The van der Waals surface area contributed by atoms with Gasteiger partial charge in [-0.05, 0) is 32.9 Å². The molecule has 0 aliphatic heterocycles. The molecule has 0 bridgehead atoms. The van der Waals surface area contributed by atoms with Crippen molar-refractivity contribution in [2.75, 3.05) is 0 Å². The first kappa shape index (κ1) is 13.0. The molecular formula is C14H14N2O3. The van der Waals surface area contributed by atoms with Gasteiger partial charge < -0.3 is 9.72 Å². The van der Waals surface area contributed by atoms with Crippen molar-refractivity contribution in [3.63, 3.8) is 0 Å². The van der Waals surface area contributed by atoms with E-state index in [1.54, 1.807) is 39.0 Å². The number of imidazole rings is 1. The minimum absolute atomic E-state index is 0.412. The number of hydrogen-bond acceptors (Lipinski definition) is 3. The molecule has 0 amide bonds. The fourth-order valence-corrected chi connectivity index (χ4v) is 1.74. The van der Waals surface area contributed by atoms with Gasteiger partial charge in [0, 0.05) is 0 Å². The number of nitrogens with one attached hydrogen (secondary N) is 1. The van der Waals surface area contributed by atoms with E-state index in [9.17, 15) is 9.59 Å². The number of benzene rings is 1. The highest BCUT2D eigenvalue weighted by Crippen LogP contribution is 2.16. The zero-order valence-corrected chi connectivity index (χ0v) is 11.0. The van der Waals surface area contributed by atoms with E-state index in [1.807, 2.05) is 0 Å². The van der Waals surface area contributed by atoms with Gasteiger partial charge in [-0.15, -0.1) is 6.42 Å². The third-order valence-electron chi connectivity index (χ3n) is 2.45. The van der Waals surface area contributed by atoms with Crippen molar-refractivity contribution in [1.29, 1.82) is 0 Å². The summed E-state index contributed by atoms with van der Waals surface area (Å²) >= 11 is 0. The minimum Gasteiger partial charge on any atom is -0.443 e. The highest BCUT2D eigenvalue weighted by Gasteiger charge is 2.22. The molecule has 0 radical (unpaired) electrons. The van der Waals surface area contributed by atoms with Crippen molar-refractivity contribution in [1.82, 2.24) is 9.55 Å². The van der Waals surface area contributed by atoms with Crippen LogP contribution in [0.15, 0.2) is 23.0 Å². The average molecular weight is 258 g/mol. The molecule has 1 aromatic heterocycles. The second-order valence-electron chi connectivity index (χ2n) is 5.09. The van der Waals surface area contributed by atoms with Gasteiger partial charge in [-0.25, -0.2) is 9.59 Å². The Morgan fingerprint density at radius 2 is 2.11 bits per heavy atom. The maximum atomic E-state index is 12.0. The molecule has 5 nitrogen and oxygen atoms in total. The number of carbonyl (C=O) groups excluding carboxylic acids is 1. The molecule has 2 rings (SSSR count). The Morgan fingerprint density at radius 1 is 1.42 bits per heavy atom. The molecular weight excluding hydrogens is 244 g/mol. The lowest BCUT2D eigenvalue weighted by Crippen LogP contribution is -2.32. The molecule has 0 aliphatic carbocycles. The number of hydrogen-bond donors (Lipinski definition) is 1. The second-order valence-corrected chi connectivity index (χ2v) is 5.09. The number of fused-ring (bicyclic) bond motifs is 1. The summed E-state index contributed by atoms with van der Waals surface area (Å²) in [6.07, 6.45) is 4.63. The maximum absolute atomic E-state index is 12.0. The van der Waals surface area contributed by atoms with Crippen molar-refractivity contribution in [3.05, 3.63) is 34.2 Å². The van der Waals surface area contributed by atoms with Crippen molar-refractivity contribution >= 4 is 17.1 Å². The van der Waals surface area contributed by atoms with E-state index in [-0.39, 0.29) is 0 Å². The molecule has 0 aliphatic rings. The third kappa shape index (κ3) is 2.38. The highest BCUT2D eigenvalue weighted by atomic mass is 16.6. The van der Waals surface area contributed by atoms with Crippen LogP contribution < -0.4 is 5.69 Å². The topological polar surface area (TPSA) is 64.1 Å². The van der Waals surface area contributed by atoms with E-state index in [1.165, 1.54) is 0 Å². The molecule has 0 unspecified atom stereocenters. The average Bonchev–Trinajstić information content (AvgIpc) is 2.62. The van der Waals surface area contributed by atoms with Crippen LogP contribution in [0.3, 0.4) is 0 Å². The molecule has 0 saturated heterocycles. The fourth-order valence-electron chi connectivity index (χ4n) is 1.74. The number of aromatic amines is 1. The predicted octanol–water partition coefficient (Wildman–Crippen LogP) is 2.09. The molecule has 2 aromatic rings. The summed E-state index contributed by atoms with van der Waals surface area (Å²) in [5.74, 6) is 2.46. The lowest BCUT2D eigenvalue weighted by Gasteiger charge is -2.19. The van der Waals surface area contributed by atoms with Crippen LogP contribution in [0.1, 0.15) is 26.3 Å². The van der Waals surface area contributed by atoms with Crippen LogP contribution in [-0.4, -0.2) is 21.2 Å². The summed E-state index contributed by atoms with van der Waals surface area (Å²) in [5.41, 5.74) is 0.156. The predicted molar refractivity (Wildman–Crippen MR) is 72.1 cm³/mol. The molecule has 0 fully saturated rings. The summed E-state index contributed by atoms with van der Waals surface area (Å²) in [4.78, 5) is 26.5. The van der Waals surface area contributed by atoms with Gasteiger partial charge >= 0.3 is 11.8 Å². The summed E-state index contributed by atoms with van der Waals surface area (Å²) in [5, 5.41) is 0. The lowest BCUT2D eigenvalue weighted by molar-refractivity contribution is 0.0538. The van der Waals surface area contributed by atoms with Crippen LogP contribution in [0.2, 0.25) is 0 Å². The first-order valence-corrected chi connectivity index (χ1v) is 5.77. The number of H-pyrrole nitrogens is 1. The number of carbonyl (C=O) groups is 1. The van der Waals surface area contributed by atoms with Crippen molar-refractivity contribution < 1.29 is 9.53 Å². The number of ether oxygens (including phenoxy) is 1. The van der Waals surface area contributed by atoms with Gasteiger partial charge in [0.05, 0.1) is 16.6 Å². The van der Waals surface area contributed by atoms with Crippen LogP contribution in [-0.2, 0) is 4.74 Å². The minimum atomic E-state index is -0.724. The van der Waals surface area contributed by atoms with E-state index in [2.05, 4.69) is 10.9 Å². The molecule has 0 saturated carbocycles. The van der Waals surface area contributed by atoms with Crippen molar-refractivity contribution in [2.45, 2.75) is 26.4 Å². The van der Waals surface area contributed by atoms with E-state index in [4.69, 9.17) is 11.2 Å². The molecule has 98 valence electrons. The van der Waals surface area contributed by atoms with Crippen LogP contribution >= 0.6 is 0 Å². The molecule has 1 heterocycles. The van der Waals surface area contributed by atoms with E-state index < -0.39 is 17.4 Å². The Labute approximate surface area is 110 Å². The molecule has 19 heavy (non-hydrogen) atoms. The number of terminal acetylenes is 1. The van der Waals surface area contributed by atoms with E-state index in [0.717, 1.165) is 4.57 Å². The molecule has 1 N–H and O–H groups in total. The standard InChI is InChI=1S/C14H14N2O3/c1-5-9-7-6-8-10-11(9)15-12(17)16(10)13(18)19-14(2,3)4/h1,6-8H,2-4H3,(H,15,17). The first-order chi connectivity index (χ1) is 8.83. The molecule has 5 heteroatoms. The molecule has 0 spiro atoms.